The quantitative estimate of drug-likeness (QED) is 0.807. The Balaban J connectivity index is 2.17. The van der Waals surface area contributed by atoms with Gasteiger partial charge in [-0.15, -0.1) is 0 Å². The Morgan fingerprint density at radius 2 is 2.18 bits per heavy atom. The second kappa shape index (κ2) is 4.53. The van der Waals surface area contributed by atoms with Gasteiger partial charge in [0.1, 0.15) is 11.5 Å². The van der Waals surface area contributed by atoms with Gasteiger partial charge < -0.3 is 15.1 Å². The average molecular weight is 236 g/mol. The van der Waals surface area contributed by atoms with Crippen molar-refractivity contribution in [3.8, 4) is 0 Å². The molecule has 1 amide bonds. The monoisotopic (exact) mass is 236 g/mol. The zero-order valence-corrected chi connectivity index (χ0v) is 10.7. The Hall–Kier alpha value is -1.29. The van der Waals surface area contributed by atoms with E-state index in [0.29, 0.717) is 23.8 Å². The van der Waals surface area contributed by atoms with Crippen LogP contribution in [0.3, 0.4) is 0 Å². The van der Waals surface area contributed by atoms with E-state index in [1.165, 1.54) is 0 Å². The van der Waals surface area contributed by atoms with Crippen molar-refractivity contribution in [3.63, 3.8) is 0 Å². The molecule has 4 heteroatoms. The minimum atomic E-state index is 0.0429. The third kappa shape index (κ3) is 2.52. The van der Waals surface area contributed by atoms with E-state index in [4.69, 9.17) is 10.2 Å². The van der Waals surface area contributed by atoms with E-state index >= 15 is 0 Å². The summed E-state index contributed by atoms with van der Waals surface area (Å²) in [5.41, 5.74) is 6.63. The van der Waals surface area contributed by atoms with E-state index in [1.54, 1.807) is 0 Å². The largest absolute Gasteiger partial charge is 0.466 e. The number of piperidine rings is 1. The number of hydrogen-bond donors (Lipinski definition) is 1. The lowest BCUT2D eigenvalue weighted by Gasteiger charge is -2.34. The summed E-state index contributed by atoms with van der Waals surface area (Å²) in [7, 11) is 0. The molecular weight excluding hydrogens is 216 g/mol. The Bertz CT molecular complexity index is 415. The van der Waals surface area contributed by atoms with Gasteiger partial charge in [0, 0.05) is 19.1 Å². The van der Waals surface area contributed by atoms with Crippen molar-refractivity contribution in [1.29, 1.82) is 0 Å². The fourth-order valence-corrected chi connectivity index (χ4v) is 2.58. The molecule has 1 aromatic heterocycles. The molecule has 2 atom stereocenters. The van der Waals surface area contributed by atoms with Gasteiger partial charge in [-0.1, -0.05) is 6.92 Å². The van der Waals surface area contributed by atoms with Gasteiger partial charge in [-0.25, -0.2) is 0 Å². The molecule has 0 spiro atoms. The second-order valence-corrected chi connectivity index (χ2v) is 5.14. The number of rotatable bonds is 1. The number of furan rings is 1. The zero-order valence-electron chi connectivity index (χ0n) is 10.7. The van der Waals surface area contributed by atoms with E-state index in [0.717, 1.165) is 18.7 Å². The summed E-state index contributed by atoms with van der Waals surface area (Å²) < 4.78 is 5.40. The van der Waals surface area contributed by atoms with Crippen molar-refractivity contribution >= 4 is 5.91 Å². The van der Waals surface area contributed by atoms with E-state index in [1.807, 2.05) is 24.8 Å². The van der Waals surface area contributed by atoms with Gasteiger partial charge >= 0.3 is 0 Å². The lowest BCUT2D eigenvalue weighted by molar-refractivity contribution is 0.0659. The van der Waals surface area contributed by atoms with E-state index in [2.05, 4.69) is 6.92 Å². The predicted molar refractivity (Wildman–Crippen MR) is 65.8 cm³/mol. The highest BCUT2D eigenvalue weighted by Gasteiger charge is 2.28. The van der Waals surface area contributed by atoms with E-state index < -0.39 is 0 Å². The molecule has 0 aliphatic carbocycles. The van der Waals surface area contributed by atoms with Crippen molar-refractivity contribution < 1.29 is 9.21 Å². The number of nitrogens with zero attached hydrogens (tertiary/aromatic N) is 1. The van der Waals surface area contributed by atoms with Crippen molar-refractivity contribution in [2.75, 3.05) is 13.1 Å². The maximum Gasteiger partial charge on any atom is 0.257 e. The van der Waals surface area contributed by atoms with Crippen LogP contribution >= 0.6 is 0 Å². The summed E-state index contributed by atoms with van der Waals surface area (Å²) in [5.74, 6) is 1.98. The van der Waals surface area contributed by atoms with Crippen LogP contribution in [0.2, 0.25) is 0 Å². The third-order valence-corrected chi connectivity index (χ3v) is 3.25. The predicted octanol–water partition coefficient (Wildman–Crippen LogP) is 1.71. The van der Waals surface area contributed by atoms with Gasteiger partial charge in [-0.3, -0.25) is 4.79 Å². The number of hydrogen-bond acceptors (Lipinski definition) is 3. The summed E-state index contributed by atoms with van der Waals surface area (Å²) in [6, 6.07) is 1.90. The number of aryl methyl sites for hydroxylation is 2. The van der Waals surface area contributed by atoms with Crippen molar-refractivity contribution in [1.82, 2.24) is 4.90 Å². The van der Waals surface area contributed by atoms with E-state index in [9.17, 15) is 4.79 Å². The molecule has 1 saturated heterocycles. The highest BCUT2D eigenvalue weighted by atomic mass is 16.3. The molecule has 94 valence electrons. The first kappa shape index (κ1) is 12.2. The van der Waals surface area contributed by atoms with Crippen LogP contribution in [0.4, 0.5) is 0 Å². The molecule has 2 N–H and O–H groups in total. The van der Waals surface area contributed by atoms with Crippen LogP contribution in [0.15, 0.2) is 10.5 Å². The molecule has 1 fully saturated rings. The summed E-state index contributed by atoms with van der Waals surface area (Å²) in [6.45, 7) is 7.25. The number of likely N-dealkylation sites (tertiary alicyclic amines) is 1. The fraction of sp³-hybridized carbons (Fsp3) is 0.615. The van der Waals surface area contributed by atoms with Gasteiger partial charge in [0.15, 0.2) is 0 Å². The van der Waals surface area contributed by atoms with Gasteiger partial charge in [0.05, 0.1) is 5.56 Å². The van der Waals surface area contributed by atoms with Crippen LogP contribution in [-0.4, -0.2) is 29.9 Å². The summed E-state index contributed by atoms with van der Waals surface area (Å²) in [5, 5.41) is 0. The summed E-state index contributed by atoms with van der Waals surface area (Å²) >= 11 is 0. The van der Waals surface area contributed by atoms with Crippen LogP contribution in [0.25, 0.3) is 0 Å². The Kier molecular flexibility index (Phi) is 3.24. The number of carbonyl (C=O) groups excluding carboxylic acids is 1. The summed E-state index contributed by atoms with van der Waals surface area (Å²) in [6.07, 6.45) is 0.993. The topological polar surface area (TPSA) is 59.5 Å². The zero-order chi connectivity index (χ0) is 12.6. The van der Waals surface area contributed by atoms with Gasteiger partial charge in [-0.2, -0.15) is 0 Å². The minimum Gasteiger partial charge on any atom is -0.466 e. The van der Waals surface area contributed by atoms with Crippen molar-refractivity contribution in [3.05, 3.63) is 23.2 Å². The lowest BCUT2D eigenvalue weighted by atomic mass is 9.96. The van der Waals surface area contributed by atoms with Gasteiger partial charge in [0.25, 0.3) is 5.91 Å². The first-order valence-electron chi connectivity index (χ1n) is 6.09. The van der Waals surface area contributed by atoms with Crippen molar-refractivity contribution in [2.24, 2.45) is 11.7 Å². The van der Waals surface area contributed by atoms with Crippen molar-refractivity contribution in [2.45, 2.75) is 33.2 Å². The molecule has 0 aromatic carbocycles. The first-order chi connectivity index (χ1) is 7.97. The molecule has 1 aromatic rings. The molecule has 2 unspecified atom stereocenters. The molecule has 0 saturated carbocycles. The maximum atomic E-state index is 12.3. The normalized spacial score (nSPS) is 25.1. The molecule has 0 bridgehead atoms. The molecule has 2 heterocycles. The molecular formula is C13H20N2O2. The SMILES string of the molecule is Cc1cc(C(=O)N2CC(C)CC(N)C2)c(C)o1. The Morgan fingerprint density at radius 1 is 1.47 bits per heavy atom. The fourth-order valence-electron chi connectivity index (χ4n) is 2.58. The first-order valence-corrected chi connectivity index (χ1v) is 6.09. The van der Waals surface area contributed by atoms with Crippen LogP contribution in [0.5, 0.6) is 0 Å². The second-order valence-electron chi connectivity index (χ2n) is 5.14. The Morgan fingerprint density at radius 3 is 2.71 bits per heavy atom. The summed E-state index contributed by atoms with van der Waals surface area (Å²) in [4.78, 5) is 14.2. The number of nitrogens with two attached hydrogens (primary N) is 1. The minimum absolute atomic E-state index is 0.0429. The average Bonchev–Trinajstić information content (AvgIpc) is 2.55. The molecule has 4 nitrogen and oxygen atoms in total. The number of carbonyl (C=O) groups is 1. The molecule has 0 radical (unpaired) electrons. The van der Waals surface area contributed by atoms with Gasteiger partial charge in [0.2, 0.25) is 0 Å². The van der Waals surface area contributed by atoms with Gasteiger partial charge in [-0.05, 0) is 32.3 Å². The maximum absolute atomic E-state index is 12.3. The van der Waals surface area contributed by atoms with Crippen LogP contribution in [0, 0.1) is 19.8 Å². The Labute approximate surface area is 102 Å². The van der Waals surface area contributed by atoms with E-state index in [-0.39, 0.29) is 11.9 Å². The molecule has 17 heavy (non-hydrogen) atoms. The van der Waals surface area contributed by atoms with Crippen LogP contribution < -0.4 is 5.73 Å². The molecule has 2 rings (SSSR count). The highest BCUT2D eigenvalue weighted by Crippen LogP contribution is 2.20. The van der Waals surface area contributed by atoms with Crippen LogP contribution in [0.1, 0.15) is 35.2 Å². The molecule has 1 aliphatic rings. The van der Waals surface area contributed by atoms with Crippen LogP contribution in [-0.2, 0) is 0 Å². The molecule has 1 aliphatic heterocycles. The number of amides is 1. The standard InChI is InChI=1S/C13H20N2O2/c1-8-4-11(14)7-15(6-8)13(16)12-5-9(2)17-10(12)3/h5,8,11H,4,6-7,14H2,1-3H3. The smallest absolute Gasteiger partial charge is 0.257 e. The third-order valence-electron chi connectivity index (χ3n) is 3.25. The highest BCUT2D eigenvalue weighted by molar-refractivity contribution is 5.95. The lowest BCUT2D eigenvalue weighted by Crippen LogP contribution is -2.48.